The molecule has 0 radical (unpaired) electrons. The second-order valence-corrected chi connectivity index (χ2v) is 7.27. The van der Waals surface area contributed by atoms with E-state index in [0.29, 0.717) is 6.04 Å². The highest BCUT2D eigenvalue weighted by Crippen LogP contribution is 2.35. The number of anilines is 1. The van der Waals surface area contributed by atoms with E-state index in [2.05, 4.69) is 41.3 Å². The lowest BCUT2D eigenvalue weighted by molar-refractivity contribution is 0.292. The lowest BCUT2D eigenvalue weighted by Gasteiger charge is -2.32. The second-order valence-electron chi connectivity index (χ2n) is 6.18. The summed E-state index contributed by atoms with van der Waals surface area (Å²) >= 11 is 1.81. The highest BCUT2D eigenvalue weighted by atomic mass is 32.2. The monoisotopic (exact) mass is 342 g/mol. The van der Waals surface area contributed by atoms with Gasteiger partial charge in [0.15, 0.2) is 0 Å². The maximum absolute atomic E-state index is 13.1. The van der Waals surface area contributed by atoms with Crippen molar-refractivity contribution >= 4 is 23.3 Å². The molecule has 1 unspecified atom stereocenters. The number of para-hydroxylation sites is 1. The van der Waals surface area contributed by atoms with Crippen molar-refractivity contribution in [2.24, 2.45) is 0 Å². The topological polar surface area (TPSA) is 15.3 Å². The van der Waals surface area contributed by atoms with Gasteiger partial charge in [0.2, 0.25) is 0 Å². The maximum Gasteiger partial charge on any atom is 0.123 e. The van der Waals surface area contributed by atoms with Crippen molar-refractivity contribution in [3.63, 3.8) is 0 Å². The number of halogens is 1. The van der Waals surface area contributed by atoms with E-state index in [9.17, 15) is 4.39 Å². The average molecular weight is 342 g/mol. The van der Waals surface area contributed by atoms with Crippen LogP contribution >= 0.6 is 11.9 Å². The van der Waals surface area contributed by atoms with E-state index in [-0.39, 0.29) is 5.82 Å². The molecule has 1 aliphatic rings. The Morgan fingerprint density at radius 3 is 2.67 bits per heavy atom. The lowest BCUT2D eigenvalue weighted by atomic mass is 10.1. The highest BCUT2D eigenvalue weighted by molar-refractivity contribution is 7.97. The number of nitrogens with zero attached hydrogens (tertiary/aromatic N) is 1. The minimum Gasteiger partial charge on any atom is -0.355 e. The molecule has 4 heteroatoms. The molecule has 0 aromatic heterocycles. The van der Waals surface area contributed by atoms with Crippen LogP contribution in [0.5, 0.6) is 0 Å². The van der Waals surface area contributed by atoms with Crippen molar-refractivity contribution in [3.05, 3.63) is 66.5 Å². The van der Waals surface area contributed by atoms with Gasteiger partial charge in [-0.25, -0.2) is 8.70 Å². The van der Waals surface area contributed by atoms with E-state index in [4.69, 9.17) is 0 Å². The van der Waals surface area contributed by atoms with Crippen molar-refractivity contribution in [3.8, 4) is 0 Å². The molecule has 1 N–H and O–H groups in total. The van der Waals surface area contributed by atoms with Gasteiger partial charge in [-0.1, -0.05) is 37.3 Å². The molecule has 1 saturated heterocycles. The average Bonchev–Trinajstić information content (AvgIpc) is 2.59. The molecule has 0 aliphatic carbocycles. The zero-order chi connectivity index (χ0) is 16.9. The van der Waals surface area contributed by atoms with E-state index in [1.165, 1.54) is 36.3 Å². The Bertz CT molecular complexity index is 699. The number of hydrogen-bond donors (Lipinski definition) is 1. The standard InChI is InChI=1S/C20H23FN2S/c1-15-7-5-6-14-23(15)24-20-9-4-3-8-19(20)22-16(2)17-10-12-18(21)13-11-17/h3-4,8-13,15,22H,2,5-7,14H2,1H3. The maximum atomic E-state index is 13.1. The first kappa shape index (κ1) is 17.1. The minimum atomic E-state index is -0.235. The first-order valence-corrected chi connectivity index (χ1v) is 9.16. The SMILES string of the molecule is C=C(Nc1ccccc1SN1CCCCC1C)c1ccc(F)cc1. The summed E-state index contributed by atoms with van der Waals surface area (Å²) in [6.45, 7) is 7.51. The van der Waals surface area contributed by atoms with Crippen molar-refractivity contribution < 1.29 is 4.39 Å². The Kier molecular flexibility index (Phi) is 5.59. The molecule has 2 aromatic rings. The van der Waals surface area contributed by atoms with Gasteiger partial charge < -0.3 is 5.32 Å². The lowest BCUT2D eigenvalue weighted by Crippen LogP contribution is -2.31. The van der Waals surface area contributed by atoms with Gasteiger partial charge in [-0.15, -0.1) is 0 Å². The molecule has 1 aliphatic heterocycles. The minimum absolute atomic E-state index is 0.235. The molecule has 0 saturated carbocycles. The molecule has 126 valence electrons. The zero-order valence-electron chi connectivity index (χ0n) is 14.0. The highest BCUT2D eigenvalue weighted by Gasteiger charge is 2.20. The Balaban J connectivity index is 1.74. The van der Waals surface area contributed by atoms with Gasteiger partial charge in [0.1, 0.15) is 5.82 Å². The number of rotatable bonds is 5. The molecule has 24 heavy (non-hydrogen) atoms. The summed E-state index contributed by atoms with van der Waals surface area (Å²) in [6, 6.07) is 15.3. The predicted molar refractivity (Wildman–Crippen MR) is 101 cm³/mol. The summed E-state index contributed by atoms with van der Waals surface area (Å²) in [4.78, 5) is 1.19. The summed E-state index contributed by atoms with van der Waals surface area (Å²) in [5, 5.41) is 3.39. The third-order valence-corrected chi connectivity index (χ3v) is 5.65. The van der Waals surface area contributed by atoms with Gasteiger partial charge in [0, 0.05) is 23.2 Å². The number of benzene rings is 2. The van der Waals surface area contributed by atoms with Gasteiger partial charge >= 0.3 is 0 Å². The molecule has 2 aromatic carbocycles. The quantitative estimate of drug-likeness (QED) is 0.692. The second kappa shape index (κ2) is 7.86. The van der Waals surface area contributed by atoms with Crippen LogP contribution in [0.2, 0.25) is 0 Å². The van der Waals surface area contributed by atoms with Crippen LogP contribution in [0, 0.1) is 5.82 Å². The van der Waals surface area contributed by atoms with Crippen molar-refractivity contribution in [1.29, 1.82) is 0 Å². The van der Waals surface area contributed by atoms with E-state index < -0.39 is 0 Å². The normalized spacial score (nSPS) is 18.3. The summed E-state index contributed by atoms with van der Waals surface area (Å²) in [5.41, 5.74) is 2.70. The number of nitrogens with one attached hydrogen (secondary N) is 1. The van der Waals surface area contributed by atoms with Crippen LogP contribution in [0.25, 0.3) is 5.70 Å². The van der Waals surface area contributed by atoms with Crippen molar-refractivity contribution in [2.45, 2.75) is 37.1 Å². The fourth-order valence-electron chi connectivity index (χ4n) is 2.87. The summed E-state index contributed by atoms with van der Waals surface area (Å²) in [6.07, 6.45) is 3.83. The molecule has 3 rings (SSSR count). The van der Waals surface area contributed by atoms with Crippen LogP contribution in [0.1, 0.15) is 31.7 Å². The molecule has 1 atom stereocenters. The van der Waals surface area contributed by atoms with E-state index in [1.54, 1.807) is 12.1 Å². The third-order valence-electron chi connectivity index (χ3n) is 4.32. The zero-order valence-corrected chi connectivity index (χ0v) is 14.8. The summed E-state index contributed by atoms with van der Waals surface area (Å²) in [5.74, 6) is -0.235. The molecule has 1 fully saturated rings. The van der Waals surface area contributed by atoms with Crippen LogP contribution in [0.4, 0.5) is 10.1 Å². The fourth-order valence-corrected chi connectivity index (χ4v) is 3.98. The summed E-state index contributed by atoms with van der Waals surface area (Å²) < 4.78 is 15.5. The Morgan fingerprint density at radius 1 is 1.17 bits per heavy atom. The largest absolute Gasteiger partial charge is 0.355 e. The molecule has 2 nitrogen and oxygen atoms in total. The first-order chi connectivity index (χ1) is 11.6. The van der Waals surface area contributed by atoms with E-state index >= 15 is 0 Å². The van der Waals surface area contributed by atoms with Gasteiger partial charge in [0.05, 0.1) is 5.69 Å². The number of piperidine rings is 1. The van der Waals surface area contributed by atoms with Crippen LogP contribution in [0.3, 0.4) is 0 Å². The van der Waals surface area contributed by atoms with Gasteiger partial charge in [-0.2, -0.15) is 0 Å². The summed E-state index contributed by atoms with van der Waals surface area (Å²) in [7, 11) is 0. The molecular weight excluding hydrogens is 319 g/mol. The van der Waals surface area contributed by atoms with E-state index in [1.807, 2.05) is 18.0 Å². The molecule has 0 bridgehead atoms. The van der Waals surface area contributed by atoms with E-state index in [0.717, 1.165) is 23.5 Å². The third kappa shape index (κ3) is 4.19. The predicted octanol–water partition coefficient (Wildman–Crippen LogP) is 5.79. The fraction of sp³-hybridized carbons (Fsp3) is 0.300. The van der Waals surface area contributed by atoms with Crippen molar-refractivity contribution in [1.82, 2.24) is 4.31 Å². The van der Waals surface area contributed by atoms with Gasteiger partial charge in [-0.05, 0) is 61.5 Å². The van der Waals surface area contributed by atoms with Gasteiger partial charge in [-0.3, -0.25) is 0 Å². The molecule has 0 amide bonds. The molecule has 1 heterocycles. The van der Waals surface area contributed by atoms with Crippen molar-refractivity contribution in [2.75, 3.05) is 11.9 Å². The first-order valence-electron chi connectivity index (χ1n) is 8.39. The van der Waals surface area contributed by atoms with Crippen LogP contribution in [-0.2, 0) is 0 Å². The molecular formula is C20H23FN2S. The van der Waals surface area contributed by atoms with Gasteiger partial charge in [0.25, 0.3) is 0 Å². The van der Waals surface area contributed by atoms with Crippen LogP contribution < -0.4 is 5.32 Å². The Labute approximate surface area is 147 Å². The van der Waals surface area contributed by atoms with Crippen LogP contribution in [0.15, 0.2) is 60.0 Å². The Hall–Kier alpha value is -1.78. The smallest absolute Gasteiger partial charge is 0.123 e. The van der Waals surface area contributed by atoms with Crippen LogP contribution in [-0.4, -0.2) is 16.9 Å². The molecule has 0 spiro atoms. The Morgan fingerprint density at radius 2 is 1.92 bits per heavy atom. The number of hydrogen-bond acceptors (Lipinski definition) is 3.